The molecule has 132 valence electrons. The molecule has 0 spiro atoms. The molecule has 0 saturated heterocycles. The lowest BCUT2D eigenvalue weighted by molar-refractivity contribution is 0.0664. The van der Waals surface area contributed by atoms with E-state index in [-0.39, 0.29) is 17.5 Å². The van der Waals surface area contributed by atoms with Crippen molar-refractivity contribution in [2.75, 3.05) is 11.9 Å². The summed E-state index contributed by atoms with van der Waals surface area (Å²) in [6.07, 6.45) is 0. The van der Waals surface area contributed by atoms with Gasteiger partial charge in [0.15, 0.2) is 11.6 Å². The second-order valence-corrected chi connectivity index (χ2v) is 6.36. The summed E-state index contributed by atoms with van der Waals surface area (Å²) in [5, 5.41) is 10.1. The van der Waals surface area contributed by atoms with E-state index in [2.05, 4.69) is 9.97 Å². The Morgan fingerprint density at radius 2 is 1.92 bits per heavy atom. The molecule has 0 aliphatic carbocycles. The van der Waals surface area contributed by atoms with Crippen molar-refractivity contribution >= 4 is 34.0 Å². The molecule has 3 aromatic heterocycles. The molecule has 4 aromatic rings. The normalized spacial score (nSPS) is 11.5. The molecule has 0 aliphatic heterocycles. The van der Waals surface area contributed by atoms with Crippen molar-refractivity contribution in [3.8, 4) is 11.5 Å². The van der Waals surface area contributed by atoms with E-state index in [0.29, 0.717) is 22.8 Å². The number of hydrogen-bond acceptors (Lipinski definition) is 6. The number of rotatable bonds is 4. The monoisotopic (exact) mass is 351 g/mol. The minimum absolute atomic E-state index is 0.152. The standard InChI is InChI=1S/C19H17N3O4/c1-10(2)22(3)17-16(14-8-11-6-4-5-7-13(11)25-14)20-12-9-15(19(23)24)26-18(12)21-17/h4-10H,1-3H3,(H,23,24). The van der Waals surface area contributed by atoms with Crippen LogP contribution in [0.25, 0.3) is 33.7 Å². The maximum Gasteiger partial charge on any atom is 0.371 e. The summed E-state index contributed by atoms with van der Waals surface area (Å²) < 4.78 is 11.3. The molecule has 4 rings (SSSR count). The Morgan fingerprint density at radius 1 is 1.15 bits per heavy atom. The molecule has 3 heterocycles. The van der Waals surface area contributed by atoms with Gasteiger partial charge < -0.3 is 18.8 Å². The Morgan fingerprint density at radius 3 is 2.62 bits per heavy atom. The first-order valence-corrected chi connectivity index (χ1v) is 8.20. The highest BCUT2D eigenvalue weighted by atomic mass is 16.4. The summed E-state index contributed by atoms with van der Waals surface area (Å²) in [6, 6.07) is 11.1. The number of furan rings is 2. The van der Waals surface area contributed by atoms with Crippen molar-refractivity contribution in [1.29, 1.82) is 0 Å². The van der Waals surface area contributed by atoms with Gasteiger partial charge in [-0.3, -0.25) is 0 Å². The van der Waals surface area contributed by atoms with Gasteiger partial charge in [-0.1, -0.05) is 18.2 Å². The summed E-state index contributed by atoms with van der Waals surface area (Å²) in [6.45, 7) is 4.05. The van der Waals surface area contributed by atoms with Crippen molar-refractivity contribution in [3.05, 3.63) is 42.2 Å². The summed E-state index contributed by atoms with van der Waals surface area (Å²) >= 11 is 0. The number of carboxylic acids is 1. The van der Waals surface area contributed by atoms with Crippen molar-refractivity contribution in [2.24, 2.45) is 0 Å². The van der Waals surface area contributed by atoms with Gasteiger partial charge in [0, 0.05) is 24.5 Å². The van der Waals surface area contributed by atoms with Crippen LogP contribution in [0.2, 0.25) is 0 Å². The Hall–Kier alpha value is -3.35. The highest BCUT2D eigenvalue weighted by Gasteiger charge is 2.22. The first-order valence-electron chi connectivity index (χ1n) is 8.20. The number of hydrogen-bond donors (Lipinski definition) is 1. The number of nitrogens with zero attached hydrogens (tertiary/aromatic N) is 3. The van der Waals surface area contributed by atoms with Crippen LogP contribution in [-0.4, -0.2) is 34.1 Å². The maximum atomic E-state index is 11.2. The molecule has 7 heteroatoms. The molecular weight excluding hydrogens is 334 g/mol. The van der Waals surface area contributed by atoms with Crippen LogP contribution in [0.3, 0.4) is 0 Å². The zero-order valence-corrected chi connectivity index (χ0v) is 14.6. The van der Waals surface area contributed by atoms with E-state index in [1.165, 1.54) is 6.07 Å². The Bertz CT molecular complexity index is 1090. The van der Waals surface area contributed by atoms with Gasteiger partial charge in [-0.05, 0) is 26.0 Å². The average Bonchev–Trinajstić information content (AvgIpc) is 3.23. The van der Waals surface area contributed by atoms with Crippen molar-refractivity contribution in [3.63, 3.8) is 0 Å². The van der Waals surface area contributed by atoms with Crippen LogP contribution in [0.5, 0.6) is 0 Å². The largest absolute Gasteiger partial charge is 0.475 e. The van der Waals surface area contributed by atoms with Gasteiger partial charge in [0.1, 0.15) is 16.8 Å². The zero-order valence-electron chi connectivity index (χ0n) is 14.6. The van der Waals surface area contributed by atoms with Gasteiger partial charge >= 0.3 is 5.97 Å². The number of anilines is 1. The van der Waals surface area contributed by atoms with Crippen molar-refractivity contribution < 1.29 is 18.7 Å². The molecule has 0 bridgehead atoms. The second kappa shape index (κ2) is 5.87. The van der Waals surface area contributed by atoms with Gasteiger partial charge in [-0.25, -0.2) is 9.78 Å². The maximum absolute atomic E-state index is 11.2. The van der Waals surface area contributed by atoms with Crippen molar-refractivity contribution in [1.82, 2.24) is 9.97 Å². The van der Waals surface area contributed by atoms with Crippen LogP contribution in [-0.2, 0) is 0 Å². The predicted molar refractivity (Wildman–Crippen MR) is 97.5 cm³/mol. The third kappa shape index (κ3) is 2.57. The first-order chi connectivity index (χ1) is 12.4. The van der Waals surface area contributed by atoms with E-state index >= 15 is 0 Å². The molecule has 0 radical (unpaired) electrons. The molecule has 0 unspecified atom stereocenters. The number of aromatic nitrogens is 2. The Kier molecular flexibility index (Phi) is 3.64. The molecule has 26 heavy (non-hydrogen) atoms. The van der Waals surface area contributed by atoms with Gasteiger partial charge in [0.05, 0.1) is 0 Å². The van der Waals surface area contributed by atoms with Gasteiger partial charge in [0.25, 0.3) is 0 Å². The number of benzene rings is 1. The number of para-hydroxylation sites is 1. The lowest BCUT2D eigenvalue weighted by Crippen LogP contribution is -2.27. The van der Waals surface area contributed by atoms with Crippen LogP contribution in [0, 0.1) is 0 Å². The van der Waals surface area contributed by atoms with E-state index in [1.54, 1.807) is 0 Å². The quantitative estimate of drug-likeness (QED) is 0.589. The average molecular weight is 351 g/mol. The predicted octanol–water partition coefficient (Wildman–Crippen LogP) is 4.18. The SMILES string of the molecule is CC(C)N(C)c1nc2oc(C(=O)O)cc2nc1-c1cc2ccccc2o1. The molecule has 0 aliphatic rings. The lowest BCUT2D eigenvalue weighted by atomic mass is 10.2. The summed E-state index contributed by atoms with van der Waals surface area (Å²) in [7, 11) is 1.90. The van der Waals surface area contributed by atoms with E-state index in [9.17, 15) is 4.79 Å². The van der Waals surface area contributed by atoms with E-state index in [4.69, 9.17) is 13.9 Å². The topological polar surface area (TPSA) is 92.6 Å². The van der Waals surface area contributed by atoms with Crippen molar-refractivity contribution in [2.45, 2.75) is 19.9 Å². The summed E-state index contributed by atoms with van der Waals surface area (Å²) in [4.78, 5) is 22.2. The molecule has 0 saturated carbocycles. The Balaban J connectivity index is 1.97. The minimum atomic E-state index is -1.16. The van der Waals surface area contributed by atoms with Gasteiger partial charge in [-0.15, -0.1) is 0 Å². The molecule has 0 fully saturated rings. The van der Waals surface area contributed by atoms with Crippen LogP contribution in [0.15, 0.2) is 45.2 Å². The molecule has 7 nitrogen and oxygen atoms in total. The molecule has 0 amide bonds. The van der Waals surface area contributed by atoms with Crippen LogP contribution in [0.4, 0.5) is 5.82 Å². The Labute approximate surface area is 148 Å². The zero-order chi connectivity index (χ0) is 18.4. The first kappa shape index (κ1) is 16.1. The molecule has 1 N–H and O–H groups in total. The smallest absolute Gasteiger partial charge is 0.371 e. The minimum Gasteiger partial charge on any atom is -0.475 e. The van der Waals surface area contributed by atoms with E-state index in [0.717, 1.165) is 11.0 Å². The molecule has 1 aromatic carbocycles. The molecular formula is C19H17N3O4. The van der Waals surface area contributed by atoms with Gasteiger partial charge in [-0.2, -0.15) is 4.98 Å². The van der Waals surface area contributed by atoms with E-state index < -0.39 is 5.97 Å². The third-order valence-corrected chi connectivity index (χ3v) is 4.32. The number of carbonyl (C=O) groups is 1. The van der Waals surface area contributed by atoms with Crippen LogP contribution >= 0.6 is 0 Å². The highest BCUT2D eigenvalue weighted by Crippen LogP contribution is 2.34. The highest BCUT2D eigenvalue weighted by molar-refractivity contribution is 5.91. The van der Waals surface area contributed by atoms with Gasteiger partial charge in [0.2, 0.25) is 11.5 Å². The number of carboxylic acid groups (broad SMARTS) is 1. The number of fused-ring (bicyclic) bond motifs is 2. The molecule has 0 atom stereocenters. The summed E-state index contributed by atoms with van der Waals surface area (Å²) in [5.74, 6) is -0.215. The fourth-order valence-electron chi connectivity index (χ4n) is 2.71. The fourth-order valence-corrected chi connectivity index (χ4v) is 2.71. The fraction of sp³-hybridized carbons (Fsp3) is 0.211. The van der Waals surface area contributed by atoms with Crippen LogP contribution in [0.1, 0.15) is 24.4 Å². The van der Waals surface area contributed by atoms with E-state index in [1.807, 2.05) is 56.1 Å². The lowest BCUT2D eigenvalue weighted by Gasteiger charge is -2.23. The third-order valence-electron chi connectivity index (χ3n) is 4.32. The number of aromatic carboxylic acids is 1. The second-order valence-electron chi connectivity index (χ2n) is 6.36. The van der Waals surface area contributed by atoms with Crippen LogP contribution < -0.4 is 4.90 Å². The summed E-state index contributed by atoms with van der Waals surface area (Å²) in [5.41, 5.74) is 1.85.